The minimum absolute atomic E-state index is 0.0210. The first-order chi connectivity index (χ1) is 11.0. The van der Waals surface area contributed by atoms with Crippen LogP contribution >= 0.6 is 0 Å². The average molecular weight is 313 g/mol. The van der Waals surface area contributed by atoms with Crippen LogP contribution < -0.4 is 4.74 Å². The van der Waals surface area contributed by atoms with Gasteiger partial charge in [-0.1, -0.05) is 6.07 Å². The Hall–Kier alpha value is -2.30. The van der Waals surface area contributed by atoms with Crippen LogP contribution in [0, 0.1) is 20.8 Å². The van der Waals surface area contributed by atoms with E-state index in [-0.39, 0.29) is 12.5 Å². The van der Waals surface area contributed by atoms with Gasteiger partial charge in [-0.15, -0.1) is 0 Å². The van der Waals surface area contributed by atoms with Crippen molar-refractivity contribution in [1.29, 1.82) is 0 Å². The molecule has 1 aromatic carbocycles. The number of amides is 1. The molecule has 0 unspecified atom stereocenters. The van der Waals surface area contributed by atoms with Crippen LogP contribution in [0.3, 0.4) is 0 Å². The second-order valence-corrected chi connectivity index (χ2v) is 6.23. The summed E-state index contributed by atoms with van der Waals surface area (Å²) in [5.41, 5.74) is 5.88. The Kier molecular flexibility index (Phi) is 4.11. The van der Waals surface area contributed by atoms with Gasteiger partial charge in [-0.2, -0.15) is 5.10 Å². The molecule has 0 atom stereocenters. The van der Waals surface area contributed by atoms with Crippen LogP contribution in [0.15, 0.2) is 18.2 Å². The van der Waals surface area contributed by atoms with Gasteiger partial charge in [0.15, 0.2) is 6.61 Å². The van der Waals surface area contributed by atoms with E-state index in [1.54, 1.807) is 0 Å². The topological polar surface area (TPSA) is 47.4 Å². The van der Waals surface area contributed by atoms with E-state index in [0.717, 1.165) is 30.1 Å². The Morgan fingerprint density at radius 1 is 1.26 bits per heavy atom. The highest BCUT2D eigenvalue weighted by Gasteiger charge is 2.25. The fourth-order valence-corrected chi connectivity index (χ4v) is 3.03. The summed E-state index contributed by atoms with van der Waals surface area (Å²) in [6.45, 7) is 7.55. The van der Waals surface area contributed by atoms with Gasteiger partial charge in [0.25, 0.3) is 5.91 Å². The maximum Gasteiger partial charge on any atom is 0.260 e. The fourth-order valence-electron chi connectivity index (χ4n) is 3.03. The van der Waals surface area contributed by atoms with Crippen molar-refractivity contribution >= 4 is 5.91 Å². The van der Waals surface area contributed by atoms with E-state index in [1.165, 1.54) is 16.7 Å². The molecular formula is C18H23N3O2. The first-order valence-corrected chi connectivity index (χ1v) is 7.95. The Balaban J connectivity index is 1.63. The van der Waals surface area contributed by atoms with Crippen LogP contribution in [-0.4, -0.2) is 33.7 Å². The van der Waals surface area contributed by atoms with E-state index in [9.17, 15) is 4.79 Å². The van der Waals surface area contributed by atoms with E-state index in [4.69, 9.17) is 4.74 Å². The predicted molar refractivity (Wildman–Crippen MR) is 88.5 cm³/mol. The van der Waals surface area contributed by atoms with Crippen molar-refractivity contribution in [2.24, 2.45) is 7.05 Å². The van der Waals surface area contributed by atoms with Crippen molar-refractivity contribution in [2.45, 2.75) is 33.7 Å². The molecule has 3 rings (SSSR count). The van der Waals surface area contributed by atoms with Crippen molar-refractivity contribution in [3.05, 3.63) is 46.3 Å². The molecule has 2 aromatic rings. The third kappa shape index (κ3) is 3.09. The quantitative estimate of drug-likeness (QED) is 0.873. The van der Waals surface area contributed by atoms with Crippen LogP contribution in [0.2, 0.25) is 0 Å². The summed E-state index contributed by atoms with van der Waals surface area (Å²) in [5, 5.41) is 4.45. The SMILES string of the molecule is Cc1ccc(OCC(=O)N2CCc3c(C)nn(C)c3C2)cc1C. The number of carbonyl (C=O) groups excluding carboxylic acids is 1. The molecule has 0 radical (unpaired) electrons. The number of rotatable bonds is 3. The minimum atomic E-state index is 0.0210. The molecule has 1 aliphatic rings. The van der Waals surface area contributed by atoms with Gasteiger partial charge in [0.05, 0.1) is 17.9 Å². The Morgan fingerprint density at radius 3 is 2.78 bits per heavy atom. The van der Waals surface area contributed by atoms with Crippen LogP contribution in [-0.2, 0) is 24.8 Å². The Bertz CT molecular complexity index is 749. The molecule has 23 heavy (non-hydrogen) atoms. The number of hydrogen-bond donors (Lipinski definition) is 0. The number of aryl methyl sites for hydroxylation is 4. The highest BCUT2D eigenvalue weighted by Crippen LogP contribution is 2.22. The molecule has 0 saturated heterocycles. The van der Waals surface area contributed by atoms with Gasteiger partial charge in [0.1, 0.15) is 5.75 Å². The summed E-state index contributed by atoms with van der Waals surface area (Å²) in [7, 11) is 1.94. The molecule has 1 aromatic heterocycles. The zero-order chi connectivity index (χ0) is 16.6. The molecule has 0 aliphatic carbocycles. The third-order valence-corrected chi connectivity index (χ3v) is 4.64. The van der Waals surface area contributed by atoms with Crippen LogP contribution in [0.4, 0.5) is 0 Å². The monoisotopic (exact) mass is 313 g/mol. The zero-order valence-corrected chi connectivity index (χ0v) is 14.2. The fraction of sp³-hybridized carbons (Fsp3) is 0.444. The number of fused-ring (bicyclic) bond motifs is 1. The van der Waals surface area contributed by atoms with Gasteiger partial charge < -0.3 is 9.64 Å². The van der Waals surface area contributed by atoms with Gasteiger partial charge in [0, 0.05) is 13.6 Å². The number of hydrogen-bond acceptors (Lipinski definition) is 3. The van der Waals surface area contributed by atoms with Crippen LogP contribution in [0.5, 0.6) is 5.75 Å². The Labute approximate surface area is 136 Å². The van der Waals surface area contributed by atoms with E-state index >= 15 is 0 Å². The average Bonchev–Trinajstić information content (AvgIpc) is 2.82. The summed E-state index contributed by atoms with van der Waals surface area (Å²) in [5.74, 6) is 0.767. The summed E-state index contributed by atoms with van der Waals surface area (Å²) < 4.78 is 7.55. The second kappa shape index (κ2) is 6.07. The van der Waals surface area contributed by atoms with Crippen LogP contribution in [0.1, 0.15) is 28.1 Å². The molecule has 5 heteroatoms. The molecule has 0 fully saturated rings. The van der Waals surface area contributed by atoms with Crippen molar-refractivity contribution in [3.63, 3.8) is 0 Å². The molecule has 0 spiro atoms. The number of benzene rings is 1. The molecule has 2 heterocycles. The third-order valence-electron chi connectivity index (χ3n) is 4.64. The molecular weight excluding hydrogens is 290 g/mol. The molecule has 1 aliphatic heterocycles. The molecule has 5 nitrogen and oxygen atoms in total. The lowest BCUT2D eigenvalue weighted by Gasteiger charge is -2.27. The van der Waals surface area contributed by atoms with E-state index in [1.807, 2.05) is 48.7 Å². The number of nitrogens with zero attached hydrogens (tertiary/aromatic N) is 3. The van der Waals surface area contributed by atoms with Crippen molar-refractivity contribution in [1.82, 2.24) is 14.7 Å². The maximum atomic E-state index is 12.4. The lowest BCUT2D eigenvalue weighted by molar-refractivity contribution is -0.134. The molecule has 122 valence electrons. The molecule has 0 saturated carbocycles. The van der Waals surface area contributed by atoms with Gasteiger partial charge in [-0.25, -0.2) is 0 Å². The highest BCUT2D eigenvalue weighted by atomic mass is 16.5. The van der Waals surface area contributed by atoms with Gasteiger partial charge in [0.2, 0.25) is 0 Å². The summed E-state index contributed by atoms with van der Waals surface area (Å²) in [6, 6.07) is 5.90. The van der Waals surface area contributed by atoms with Gasteiger partial charge in [-0.3, -0.25) is 9.48 Å². The van der Waals surface area contributed by atoms with E-state index in [0.29, 0.717) is 6.54 Å². The second-order valence-electron chi connectivity index (χ2n) is 6.23. The molecule has 0 N–H and O–H groups in total. The van der Waals surface area contributed by atoms with Crippen molar-refractivity contribution in [3.8, 4) is 5.75 Å². The van der Waals surface area contributed by atoms with Gasteiger partial charge in [-0.05, 0) is 56.0 Å². The Morgan fingerprint density at radius 2 is 2.04 bits per heavy atom. The predicted octanol–water partition coefficient (Wildman–Crippen LogP) is 2.31. The normalized spacial score (nSPS) is 13.8. The lowest BCUT2D eigenvalue weighted by Crippen LogP contribution is -2.39. The summed E-state index contributed by atoms with van der Waals surface area (Å²) >= 11 is 0. The minimum Gasteiger partial charge on any atom is -0.484 e. The number of carbonyl (C=O) groups is 1. The van der Waals surface area contributed by atoms with Crippen molar-refractivity contribution < 1.29 is 9.53 Å². The van der Waals surface area contributed by atoms with E-state index < -0.39 is 0 Å². The standard InChI is InChI=1S/C18H23N3O2/c1-12-5-6-15(9-13(12)2)23-11-18(22)21-8-7-16-14(3)19-20(4)17(16)10-21/h5-6,9H,7-8,10-11H2,1-4H3. The molecule has 0 bridgehead atoms. The highest BCUT2D eigenvalue weighted by molar-refractivity contribution is 5.78. The first-order valence-electron chi connectivity index (χ1n) is 7.95. The van der Waals surface area contributed by atoms with Crippen molar-refractivity contribution in [2.75, 3.05) is 13.2 Å². The summed E-state index contributed by atoms with van der Waals surface area (Å²) in [4.78, 5) is 14.3. The maximum absolute atomic E-state index is 12.4. The number of ether oxygens (including phenoxy) is 1. The summed E-state index contributed by atoms with van der Waals surface area (Å²) in [6.07, 6.45) is 0.865. The van der Waals surface area contributed by atoms with E-state index in [2.05, 4.69) is 12.0 Å². The van der Waals surface area contributed by atoms with Crippen LogP contribution in [0.25, 0.3) is 0 Å². The smallest absolute Gasteiger partial charge is 0.260 e. The molecule has 1 amide bonds. The lowest BCUT2D eigenvalue weighted by atomic mass is 10.0. The largest absolute Gasteiger partial charge is 0.484 e. The number of aromatic nitrogens is 2. The zero-order valence-electron chi connectivity index (χ0n) is 14.2. The van der Waals surface area contributed by atoms with Gasteiger partial charge >= 0.3 is 0 Å². The first kappa shape index (κ1) is 15.6.